The normalized spacial score (nSPS) is 20.7. The molecule has 3 atom stereocenters. The summed E-state index contributed by atoms with van der Waals surface area (Å²) in [6.07, 6.45) is -3.71. The third-order valence-electron chi connectivity index (χ3n) is 6.30. The number of anilines is 2. The number of halogens is 4. The van der Waals surface area contributed by atoms with Gasteiger partial charge in [0.25, 0.3) is 0 Å². The lowest BCUT2D eigenvalue weighted by Gasteiger charge is -2.30. The van der Waals surface area contributed by atoms with Crippen LogP contribution in [0.3, 0.4) is 0 Å². The van der Waals surface area contributed by atoms with Crippen molar-refractivity contribution in [1.82, 2.24) is 15.0 Å². The third-order valence-corrected chi connectivity index (χ3v) is 6.30. The van der Waals surface area contributed by atoms with Crippen LogP contribution in [0.4, 0.5) is 29.1 Å². The molecule has 5 rings (SSSR count). The van der Waals surface area contributed by atoms with Gasteiger partial charge < -0.3 is 19.7 Å². The van der Waals surface area contributed by atoms with Gasteiger partial charge in [0.1, 0.15) is 23.1 Å². The molecule has 2 bridgehead atoms. The highest BCUT2D eigenvalue weighted by Gasteiger charge is 2.40. The molecule has 0 aliphatic carbocycles. The number of nitrogens with one attached hydrogen (secondary N) is 1. The summed E-state index contributed by atoms with van der Waals surface area (Å²) < 4.78 is 65.5. The summed E-state index contributed by atoms with van der Waals surface area (Å²) in [5.41, 5.74) is -0.288. The monoisotopic (exact) mass is 477 g/mol. The van der Waals surface area contributed by atoms with E-state index in [0.717, 1.165) is 18.2 Å². The van der Waals surface area contributed by atoms with Crippen molar-refractivity contribution < 1.29 is 27.0 Å². The zero-order chi connectivity index (χ0) is 24.2. The van der Waals surface area contributed by atoms with Crippen LogP contribution >= 0.6 is 0 Å². The summed E-state index contributed by atoms with van der Waals surface area (Å²) in [7, 11) is 1.54. The predicted octanol–water partition coefficient (Wildman–Crippen LogP) is 4.65. The Kier molecular flexibility index (Phi) is 5.46. The molecule has 2 aliphatic rings. The van der Waals surface area contributed by atoms with Gasteiger partial charge in [0.15, 0.2) is 5.65 Å². The van der Waals surface area contributed by atoms with Crippen molar-refractivity contribution in [3.63, 3.8) is 0 Å². The molecule has 4 heterocycles. The van der Waals surface area contributed by atoms with Crippen molar-refractivity contribution in [1.29, 1.82) is 0 Å². The van der Waals surface area contributed by atoms with E-state index >= 15 is 0 Å². The number of alkyl halides is 3. The maximum absolute atomic E-state index is 14.7. The highest BCUT2D eigenvalue weighted by atomic mass is 19.4. The van der Waals surface area contributed by atoms with Gasteiger partial charge in [-0.1, -0.05) is 12.1 Å². The van der Waals surface area contributed by atoms with Crippen LogP contribution in [0.1, 0.15) is 36.3 Å². The molecule has 180 valence electrons. The Hall–Kier alpha value is -3.21. The van der Waals surface area contributed by atoms with Crippen molar-refractivity contribution in [2.45, 2.75) is 44.6 Å². The Morgan fingerprint density at radius 1 is 1.24 bits per heavy atom. The minimum Gasteiger partial charge on any atom is -0.479 e. The molecule has 0 saturated carbocycles. The van der Waals surface area contributed by atoms with Gasteiger partial charge in [-0.3, -0.25) is 0 Å². The molecule has 2 aliphatic heterocycles. The van der Waals surface area contributed by atoms with Crippen LogP contribution in [0, 0.1) is 12.7 Å². The Balaban J connectivity index is 1.55. The average molecular weight is 477 g/mol. The smallest absolute Gasteiger partial charge is 0.419 e. The number of aryl methyl sites for hydroxylation is 1. The van der Waals surface area contributed by atoms with Crippen LogP contribution in [0.15, 0.2) is 24.3 Å². The van der Waals surface area contributed by atoms with Crippen molar-refractivity contribution in [2.24, 2.45) is 0 Å². The molecule has 1 aromatic carbocycles. The quantitative estimate of drug-likeness (QED) is 0.537. The van der Waals surface area contributed by atoms with Crippen LogP contribution in [-0.4, -0.2) is 47.4 Å². The van der Waals surface area contributed by atoms with Crippen LogP contribution in [0.5, 0.6) is 5.88 Å². The van der Waals surface area contributed by atoms with E-state index in [-0.39, 0.29) is 17.7 Å². The summed E-state index contributed by atoms with van der Waals surface area (Å²) >= 11 is 0. The van der Waals surface area contributed by atoms with E-state index in [9.17, 15) is 17.6 Å². The molecule has 2 aromatic heterocycles. The second-order valence-corrected chi connectivity index (χ2v) is 8.58. The van der Waals surface area contributed by atoms with Gasteiger partial charge in [0.05, 0.1) is 42.9 Å². The molecule has 0 amide bonds. The fraction of sp³-hybridized carbons (Fsp3) is 0.435. The lowest BCUT2D eigenvalue weighted by Crippen LogP contribution is -2.37. The zero-order valence-electron chi connectivity index (χ0n) is 18.8. The Labute approximate surface area is 193 Å². The summed E-state index contributed by atoms with van der Waals surface area (Å²) in [6.45, 7) is 4.58. The molecule has 2 fully saturated rings. The molecular formula is C23H23F4N5O2. The van der Waals surface area contributed by atoms with E-state index in [1.807, 2.05) is 6.07 Å². The molecule has 0 radical (unpaired) electrons. The molecule has 3 aromatic rings. The first-order valence-electron chi connectivity index (χ1n) is 10.9. The largest absolute Gasteiger partial charge is 0.479 e. The summed E-state index contributed by atoms with van der Waals surface area (Å²) in [4.78, 5) is 15.6. The van der Waals surface area contributed by atoms with Gasteiger partial charge in [-0.05, 0) is 32.4 Å². The number of nitrogens with zero attached hydrogens (tertiary/aromatic N) is 4. The van der Waals surface area contributed by atoms with E-state index < -0.39 is 23.6 Å². The minimum absolute atomic E-state index is 0.116. The zero-order valence-corrected chi connectivity index (χ0v) is 18.8. The number of pyridine rings is 1. The van der Waals surface area contributed by atoms with Gasteiger partial charge in [-0.15, -0.1) is 0 Å². The van der Waals surface area contributed by atoms with Crippen molar-refractivity contribution in [2.75, 3.05) is 30.5 Å². The highest BCUT2D eigenvalue weighted by molar-refractivity contribution is 5.90. The number of rotatable bonds is 5. The summed E-state index contributed by atoms with van der Waals surface area (Å²) in [6, 6.07) is 4.51. The first-order chi connectivity index (χ1) is 16.2. The standard InChI is InChI=1S/C23H23F4N5O2/c1-11(15-5-4-6-17(19(15)24)23(25,26)27)28-20-16-8-18(32-9-14-7-13(32)10-34-14)22(33-3)31-21(16)30-12(2)29-20/h4-6,8,11,13-14H,7,9-10H2,1-3H3,(H,28,29,30,31)/t11-,13+,14+/m1/s1. The lowest BCUT2D eigenvalue weighted by molar-refractivity contribution is -0.140. The molecular weight excluding hydrogens is 454 g/mol. The fourth-order valence-corrected chi connectivity index (χ4v) is 4.68. The molecule has 11 heteroatoms. The van der Waals surface area contributed by atoms with E-state index in [1.54, 1.807) is 13.8 Å². The van der Waals surface area contributed by atoms with E-state index in [1.165, 1.54) is 19.2 Å². The van der Waals surface area contributed by atoms with E-state index in [4.69, 9.17) is 9.47 Å². The van der Waals surface area contributed by atoms with Crippen molar-refractivity contribution in [3.05, 3.63) is 47.0 Å². The SMILES string of the molecule is COc1nc2nc(C)nc(N[C@H](C)c3cccc(C(F)(F)F)c3F)c2cc1N1C[C@@H]2C[C@H]1CO2. The van der Waals surface area contributed by atoms with Gasteiger partial charge in [-0.2, -0.15) is 18.2 Å². The molecule has 0 spiro atoms. The number of methoxy groups -OCH3 is 1. The number of hydrogen-bond donors (Lipinski definition) is 1. The lowest BCUT2D eigenvalue weighted by atomic mass is 10.0. The van der Waals surface area contributed by atoms with E-state index in [0.29, 0.717) is 41.7 Å². The average Bonchev–Trinajstić information content (AvgIpc) is 3.41. The van der Waals surface area contributed by atoms with Crippen LogP contribution < -0.4 is 15.0 Å². The maximum atomic E-state index is 14.7. The van der Waals surface area contributed by atoms with Gasteiger partial charge in [0.2, 0.25) is 5.88 Å². The number of benzene rings is 1. The molecule has 7 nitrogen and oxygen atoms in total. The highest BCUT2D eigenvalue weighted by Crippen LogP contribution is 2.40. The van der Waals surface area contributed by atoms with Crippen LogP contribution in [0.25, 0.3) is 11.0 Å². The first kappa shape index (κ1) is 22.6. The van der Waals surface area contributed by atoms with Crippen molar-refractivity contribution in [3.8, 4) is 5.88 Å². The topological polar surface area (TPSA) is 72.4 Å². The van der Waals surface area contributed by atoms with Gasteiger partial charge >= 0.3 is 6.18 Å². The van der Waals surface area contributed by atoms with Gasteiger partial charge in [-0.25, -0.2) is 14.4 Å². The van der Waals surface area contributed by atoms with Gasteiger partial charge in [0, 0.05) is 12.1 Å². The number of hydrogen-bond acceptors (Lipinski definition) is 7. The van der Waals surface area contributed by atoms with Crippen LogP contribution in [0.2, 0.25) is 0 Å². The number of morpholine rings is 1. The maximum Gasteiger partial charge on any atom is 0.419 e. The second-order valence-electron chi connectivity index (χ2n) is 8.58. The molecule has 0 unspecified atom stereocenters. The Morgan fingerprint density at radius 3 is 2.68 bits per heavy atom. The minimum atomic E-state index is -4.79. The molecule has 34 heavy (non-hydrogen) atoms. The number of fused-ring (bicyclic) bond motifs is 3. The van der Waals surface area contributed by atoms with E-state index in [2.05, 4.69) is 25.2 Å². The molecule has 1 N–H and O–H groups in total. The Bertz CT molecular complexity index is 1250. The summed E-state index contributed by atoms with van der Waals surface area (Å²) in [5, 5.41) is 3.63. The number of aromatic nitrogens is 3. The fourth-order valence-electron chi connectivity index (χ4n) is 4.68. The Morgan fingerprint density at radius 2 is 2.03 bits per heavy atom. The molecule has 2 saturated heterocycles. The second kappa shape index (κ2) is 8.23. The van der Waals surface area contributed by atoms with Crippen LogP contribution in [-0.2, 0) is 10.9 Å². The number of ether oxygens (including phenoxy) is 2. The predicted molar refractivity (Wildman–Crippen MR) is 118 cm³/mol. The third kappa shape index (κ3) is 3.87. The van der Waals surface area contributed by atoms with Crippen molar-refractivity contribution >= 4 is 22.5 Å². The summed E-state index contributed by atoms with van der Waals surface area (Å²) in [5.74, 6) is -0.133. The first-order valence-corrected chi connectivity index (χ1v) is 10.9.